The van der Waals surface area contributed by atoms with Crippen LogP contribution in [0.25, 0.3) is 10.9 Å². The van der Waals surface area contributed by atoms with Crippen molar-refractivity contribution in [1.29, 1.82) is 5.26 Å². The van der Waals surface area contributed by atoms with Gasteiger partial charge in [-0.05, 0) is 43.2 Å². The lowest BCUT2D eigenvalue weighted by Gasteiger charge is -2.18. The number of benzene rings is 2. The first kappa shape index (κ1) is 19.9. The quantitative estimate of drug-likeness (QED) is 0.671. The number of aryl methyl sites for hydroxylation is 1. The van der Waals surface area contributed by atoms with Crippen molar-refractivity contribution >= 4 is 26.8 Å². The van der Waals surface area contributed by atoms with Crippen molar-refractivity contribution < 1.29 is 13.2 Å². The highest BCUT2D eigenvalue weighted by atomic mass is 32.2. The summed E-state index contributed by atoms with van der Waals surface area (Å²) in [5.74, 6) is 0.517. The van der Waals surface area contributed by atoms with E-state index in [0.29, 0.717) is 29.7 Å². The zero-order chi connectivity index (χ0) is 21.3. The molecule has 0 spiro atoms. The zero-order valence-electron chi connectivity index (χ0n) is 16.2. The first-order valence-electron chi connectivity index (χ1n) is 9.33. The van der Waals surface area contributed by atoms with Gasteiger partial charge in [0.2, 0.25) is 0 Å². The normalized spacial score (nSPS) is 14.5. The summed E-state index contributed by atoms with van der Waals surface area (Å²) in [5, 5.41) is 10.0. The molecule has 0 bridgehead atoms. The lowest BCUT2D eigenvalue weighted by Crippen LogP contribution is -2.33. The number of rotatable bonds is 5. The van der Waals surface area contributed by atoms with Crippen LogP contribution in [-0.4, -0.2) is 35.4 Å². The third-order valence-corrected chi connectivity index (χ3v) is 6.42. The number of anilines is 1. The molecule has 1 fully saturated rings. The molecule has 1 aromatic heterocycles. The van der Waals surface area contributed by atoms with Gasteiger partial charge >= 0.3 is 10.2 Å². The predicted molar refractivity (Wildman–Crippen MR) is 112 cm³/mol. The number of nitrogens with one attached hydrogen (secondary N) is 1. The van der Waals surface area contributed by atoms with Crippen molar-refractivity contribution in [3.8, 4) is 17.6 Å². The molecule has 1 aliphatic heterocycles. The molecule has 0 radical (unpaired) electrons. The largest absolute Gasteiger partial charge is 0.456 e. The fourth-order valence-electron chi connectivity index (χ4n) is 3.33. The summed E-state index contributed by atoms with van der Waals surface area (Å²) < 4.78 is 36.2. The lowest BCUT2D eigenvalue weighted by molar-refractivity contribution is 0.480. The molecule has 1 N–H and O–H groups in total. The van der Waals surface area contributed by atoms with E-state index in [9.17, 15) is 18.5 Å². The van der Waals surface area contributed by atoms with Crippen LogP contribution in [0.2, 0.25) is 0 Å². The van der Waals surface area contributed by atoms with Gasteiger partial charge in [0.15, 0.2) is 0 Å². The van der Waals surface area contributed by atoms with Gasteiger partial charge in [-0.25, -0.2) is 4.98 Å². The Morgan fingerprint density at radius 1 is 1.20 bits per heavy atom. The summed E-state index contributed by atoms with van der Waals surface area (Å²) in [5.41, 5.74) is 0.496. The second kappa shape index (κ2) is 7.78. The molecule has 4 rings (SSSR count). The second-order valence-electron chi connectivity index (χ2n) is 6.95. The van der Waals surface area contributed by atoms with Crippen LogP contribution >= 0.6 is 0 Å². The van der Waals surface area contributed by atoms with Crippen molar-refractivity contribution in [2.24, 2.45) is 7.05 Å². The molecule has 154 valence electrons. The number of nitriles is 1. The number of nitrogens with zero attached hydrogens (tertiary/aromatic N) is 4. The van der Waals surface area contributed by atoms with Gasteiger partial charge in [-0.3, -0.25) is 9.52 Å². The minimum absolute atomic E-state index is 0.0551. The highest BCUT2D eigenvalue weighted by Gasteiger charge is 2.26. The smallest absolute Gasteiger partial charge is 0.301 e. The van der Waals surface area contributed by atoms with Crippen LogP contribution < -0.4 is 15.0 Å². The van der Waals surface area contributed by atoms with E-state index in [0.717, 1.165) is 12.8 Å². The van der Waals surface area contributed by atoms with Gasteiger partial charge < -0.3 is 9.30 Å². The van der Waals surface area contributed by atoms with Gasteiger partial charge in [-0.15, -0.1) is 0 Å². The average Bonchev–Trinajstić information content (AvgIpc) is 3.27. The van der Waals surface area contributed by atoms with E-state index in [1.54, 1.807) is 37.4 Å². The van der Waals surface area contributed by atoms with Gasteiger partial charge in [0.1, 0.15) is 23.1 Å². The molecule has 10 heteroatoms. The molecule has 30 heavy (non-hydrogen) atoms. The molecule has 0 amide bonds. The van der Waals surface area contributed by atoms with Crippen molar-refractivity contribution in [3.05, 3.63) is 58.6 Å². The van der Waals surface area contributed by atoms with E-state index in [-0.39, 0.29) is 22.6 Å². The molecule has 2 heterocycles. The van der Waals surface area contributed by atoms with Crippen molar-refractivity contribution in [3.63, 3.8) is 0 Å². The third kappa shape index (κ3) is 3.72. The van der Waals surface area contributed by atoms with Crippen molar-refractivity contribution in [2.75, 3.05) is 17.8 Å². The fraction of sp³-hybridized carbons (Fsp3) is 0.250. The maximum Gasteiger partial charge on any atom is 0.301 e. The number of hydrogen-bond acceptors (Lipinski definition) is 6. The highest BCUT2D eigenvalue weighted by Crippen LogP contribution is 2.32. The van der Waals surface area contributed by atoms with E-state index in [1.807, 2.05) is 6.07 Å². The Morgan fingerprint density at radius 3 is 2.70 bits per heavy atom. The van der Waals surface area contributed by atoms with Crippen LogP contribution in [-0.2, 0) is 17.3 Å². The summed E-state index contributed by atoms with van der Waals surface area (Å²) in [6.45, 7) is 0.904. The number of aromatic nitrogens is 2. The third-order valence-electron chi connectivity index (χ3n) is 4.90. The summed E-state index contributed by atoms with van der Waals surface area (Å²) in [7, 11) is -2.15. The standard InChI is InChI=1S/C20H19N5O4S/c1-24-13-22-17-8-7-14(11-15(17)20(24)26)29-19-6-4-5-18(16(19)12-21)23-30(27,28)25-9-2-3-10-25/h4-8,11,13,23H,2-3,9-10H2,1H3. The maximum absolute atomic E-state index is 12.6. The lowest BCUT2D eigenvalue weighted by atomic mass is 10.2. The molecular weight excluding hydrogens is 406 g/mol. The minimum Gasteiger partial charge on any atom is -0.456 e. The topological polar surface area (TPSA) is 117 Å². The first-order valence-corrected chi connectivity index (χ1v) is 10.8. The van der Waals surface area contributed by atoms with Crippen LogP contribution in [0.5, 0.6) is 11.5 Å². The molecule has 0 unspecified atom stereocenters. The van der Waals surface area contributed by atoms with E-state index in [1.165, 1.54) is 21.3 Å². The number of hydrogen-bond donors (Lipinski definition) is 1. The van der Waals surface area contributed by atoms with Crippen molar-refractivity contribution in [1.82, 2.24) is 13.9 Å². The van der Waals surface area contributed by atoms with Crippen LogP contribution in [0.1, 0.15) is 18.4 Å². The SMILES string of the molecule is Cn1cnc2ccc(Oc3cccc(NS(=O)(=O)N4CCCC4)c3C#N)cc2c1=O. The van der Waals surface area contributed by atoms with Crippen LogP contribution in [0.4, 0.5) is 5.69 Å². The summed E-state index contributed by atoms with van der Waals surface area (Å²) in [6.07, 6.45) is 3.06. The van der Waals surface area contributed by atoms with Gasteiger partial charge in [0.25, 0.3) is 5.56 Å². The minimum atomic E-state index is -3.75. The zero-order valence-corrected chi connectivity index (χ0v) is 17.0. The van der Waals surface area contributed by atoms with Gasteiger partial charge in [-0.2, -0.15) is 18.0 Å². The molecule has 0 saturated carbocycles. The van der Waals surface area contributed by atoms with Crippen molar-refractivity contribution in [2.45, 2.75) is 12.8 Å². The molecule has 0 atom stereocenters. The Hall–Kier alpha value is -3.42. The fourth-order valence-corrected chi connectivity index (χ4v) is 4.65. The Labute approximate surface area is 173 Å². The summed E-state index contributed by atoms with van der Waals surface area (Å²) >= 11 is 0. The summed E-state index contributed by atoms with van der Waals surface area (Å²) in [4.78, 5) is 16.5. The van der Waals surface area contributed by atoms with E-state index < -0.39 is 10.2 Å². The molecule has 3 aromatic rings. The number of ether oxygens (including phenoxy) is 1. The predicted octanol–water partition coefficient (Wildman–Crippen LogP) is 2.35. The Morgan fingerprint density at radius 2 is 1.97 bits per heavy atom. The van der Waals surface area contributed by atoms with E-state index in [4.69, 9.17) is 4.74 Å². The number of fused-ring (bicyclic) bond motifs is 1. The summed E-state index contributed by atoms with van der Waals surface area (Å²) in [6, 6.07) is 11.5. The second-order valence-corrected chi connectivity index (χ2v) is 8.62. The Balaban J connectivity index is 1.68. The highest BCUT2D eigenvalue weighted by molar-refractivity contribution is 7.90. The molecule has 0 aliphatic carbocycles. The molecule has 9 nitrogen and oxygen atoms in total. The van der Waals surface area contributed by atoms with E-state index in [2.05, 4.69) is 9.71 Å². The van der Waals surface area contributed by atoms with Crippen LogP contribution in [0.3, 0.4) is 0 Å². The molecular formula is C20H19N5O4S. The first-order chi connectivity index (χ1) is 14.4. The monoisotopic (exact) mass is 425 g/mol. The molecule has 2 aromatic carbocycles. The van der Waals surface area contributed by atoms with Crippen LogP contribution in [0, 0.1) is 11.3 Å². The molecule has 1 saturated heterocycles. The maximum atomic E-state index is 12.6. The van der Waals surface area contributed by atoms with Gasteiger partial charge in [0.05, 0.1) is 22.9 Å². The van der Waals surface area contributed by atoms with Gasteiger partial charge in [0, 0.05) is 20.1 Å². The Kier molecular flexibility index (Phi) is 5.15. The van der Waals surface area contributed by atoms with Gasteiger partial charge in [-0.1, -0.05) is 6.07 Å². The van der Waals surface area contributed by atoms with E-state index >= 15 is 0 Å². The molecule has 1 aliphatic rings. The Bertz CT molecular complexity index is 1320. The van der Waals surface area contributed by atoms with Crippen LogP contribution in [0.15, 0.2) is 47.5 Å². The average molecular weight is 425 g/mol.